The van der Waals surface area contributed by atoms with Gasteiger partial charge in [-0.15, -0.1) is 0 Å². The number of nitrogens with one attached hydrogen (secondary N) is 1. The van der Waals surface area contributed by atoms with Crippen molar-refractivity contribution in [2.45, 2.75) is 25.7 Å². The molecule has 0 aliphatic carbocycles. The zero-order valence-corrected chi connectivity index (χ0v) is 7.34. The lowest BCUT2D eigenvalue weighted by atomic mass is 9.96. The Bertz CT molecular complexity index is 251. The van der Waals surface area contributed by atoms with Crippen molar-refractivity contribution in [1.29, 1.82) is 0 Å². The third-order valence-electron chi connectivity index (χ3n) is 2.38. The molecule has 0 unspecified atom stereocenters. The molecule has 0 spiro atoms. The highest BCUT2D eigenvalue weighted by Crippen LogP contribution is 2.25. The summed E-state index contributed by atoms with van der Waals surface area (Å²) < 4.78 is 5.48. The van der Waals surface area contributed by atoms with Crippen LogP contribution in [-0.4, -0.2) is 18.1 Å². The molecule has 1 fully saturated rings. The molecule has 2 rings (SSSR count). The monoisotopic (exact) mass is 166 g/mol. The van der Waals surface area contributed by atoms with Crippen LogP contribution in [0.25, 0.3) is 0 Å². The number of aryl methyl sites for hydroxylation is 1. The van der Waals surface area contributed by atoms with E-state index in [1.165, 1.54) is 12.8 Å². The molecule has 0 amide bonds. The Morgan fingerprint density at radius 1 is 1.50 bits per heavy atom. The number of aromatic nitrogens is 1. The number of rotatable bonds is 1. The van der Waals surface area contributed by atoms with E-state index in [2.05, 4.69) is 10.3 Å². The Morgan fingerprint density at radius 3 is 2.83 bits per heavy atom. The maximum atomic E-state index is 5.48. The fourth-order valence-corrected chi connectivity index (χ4v) is 1.67. The van der Waals surface area contributed by atoms with Gasteiger partial charge in [0.1, 0.15) is 5.76 Å². The molecule has 1 aliphatic rings. The molecule has 0 atom stereocenters. The van der Waals surface area contributed by atoms with Crippen LogP contribution in [0, 0.1) is 6.92 Å². The lowest BCUT2D eigenvalue weighted by Gasteiger charge is -2.19. The van der Waals surface area contributed by atoms with Crippen LogP contribution in [0.3, 0.4) is 0 Å². The van der Waals surface area contributed by atoms with E-state index in [-0.39, 0.29) is 0 Å². The van der Waals surface area contributed by atoms with E-state index in [0.29, 0.717) is 5.92 Å². The van der Waals surface area contributed by atoms with Crippen LogP contribution in [-0.2, 0) is 0 Å². The molecule has 1 aromatic rings. The highest BCUT2D eigenvalue weighted by Gasteiger charge is 2.18. The van der Waals surface area contributed by atoms with Gasteiger partial charge in [0.15, 0.2) is 5.89 Å². The van der Waals surface area contributed by atoms with Crippen LogP contribution < -0.4 is 5.32 Å². The van der Waals surface area contributed by atoms with Crippen molar-refractivity contribution in [3.63, 3.8) is 0 Å². The normalized spacial score (nSPS) is 19.8. The largest absolute Gasteiger partial charge is 0.446 e. The lowest BCUT2D eigenvalue weighted by Crippen LogP contribution is -2.26. The van der Waals surface area contributed by atoms with Gasteiger partial charge in [-0.1, -0.05) is 0 Å². The summed E-state index contributed by atoms with van der Waals surface area (Å²) >= 11 is 0. The molecular weight excluding hydrogens is 152 g/mol. The van der Waals surface area contributed by atoms with Crippen molar-refractivity contribution in [2.24, 2.45) is 0 Å². The summed E-state index contributed by atoms with van der Waals surface area (Å²) in [6.07, 6.45) is 4.22. The first-order valence-electron chi connectivity index (χ1n) is 4.49. The first kappa shape index (κ1) is 7.80. The summed E-state index contributed by atoms with van der Waals surface area (Å²) in [7, 11) is 0. The molecule has 1 aromatic heterocycles. The Hall–Kier alpha value is -0.830. The van der Waals surface area contributed by atoms with Gasteiger partial charge < -0.3 is 9.73 Å². The molecule has 1 aliphatic heterocycles. The van der Waals surface area contributed by atoms with Crippen molar-refractivity contribution >= 4 is 0 Å². The summed E-state index contributed by atoms with van der Waals surface area (Å²) in [5.41, 5.74) is 0. The Morgan fingerprint density at radius 2 is 2.25 bits per heavy atom. The Kier molecular flexibility index (Phi) is 2.13. The van der Waals surface area contributed by atoms with Crippen LogP contribution in [0.2, 0.25) is 0 Å². The predicted octanol–water partition coefficient (Wildman–Crippen LogP) is 1.45. The second kappa shape index (κ2) is 3.27. The first-order chi connectivity index (χ1) is 5.86. The quantitative estimate of drug-likeness (QED) is 0.686. The molecule has 0 bridgehead atoms. The fourth-order valence-electron chi connectivity index (χ4n) is 1.67. The van der Waals surface area contributed by atoms with Gasteiger partial charge in [0, 0.05) is 12.8 Å². The fraction of sp³-hybridized carbons (Fsp3) is 0.667. The van der Waals surface area contributed by atoms with Crippen molar-refractivity contribution < 1.29 is 4.42 Å². The maximum Gasteiger partial charge on any atom is 0.191 e. The third kappa shape index (κ3) is 1.50. The minimum absolute atomic E-state index is 0.590. The average molecular weight is 166 g/mol. The summed E-state index contributed by atoms with van der Waals surface area (Å²) in [6.45, 7) is 4.10. The number of hydrogen-bond donors (Lipinski definition) is 1. The van der Waals surface area contributed by atoms with Crippen molar-refractivity contribution in [2.75, 3.05) is 13.1 Å². The standard InChI is InChI=1S/C9H14N2O/c1-7-11-6-9(12-7)8-2-4-10-5-3-8/h6,8,10H,2-5H2,1H3. The van der Waals surface area contributed by atoms with E-state index in [1.807, 2.05) is 13.1 Å². The van der Waals surface area contributed by atoms with E-state index in [1.54, 1.807) is 0 Å². The number of nitrogens with zero attached hydrogens (tertiary/aromatic N) is 1. The smallest absolute Gasteiger partial charge is 0.191 e. The van der Waals surface area contributed by atoms with Gasteiger partial charge in [0.25, 0.3) is 0 Å². The molecule has 66 valence electrons. The highest BCUT2D eigenvalue weighted by atomic mass is 16.4. The summed E-state index contributed by atoms with van der Waals surface area (Å²) in [6, 6.07) is 0. The van der Waals surface area contributed by atoms with Crippen LogP contribution in [0.15, 0.2) is 10.6 Å². The minimum Gasteiger partial charge on any atom is -0.446 e. The van der Waals surface area contributed by atoms with Crippen LogP contribution in [0.5, 0.6) is 0 Å². The van der Waals surface area contributed by atoms with Gasteiger partial charge in [0.2, 0.25) is 0 Å². The molecule has 3 nitrogen and oxygen atoms in total. The second-order valence-corrected chi connectivity index (χ2v) is 3.31. The van der Waals surface area contributed by atoms with Crippen LogP contribution in [0.4, 0.5) is 0 Å². The van der Waals surface area contributed by atoms with Crippen LogP contribution in [0.1, 0.15) is 30.4 Å². The van der Waals surface area contributed by atoms with Gasteiger partial charge in [-0.05, 0) is 25.9 Å². The Labute approximate surface area is 72.2 Å². The molecule has 2 heterocycles. The van der Waals surface area contributed by atoms with Crippen molar-refractivity contribution in [1.82, 2.24) is 10.3 Å². The number of piperidine rings is 1. The van der Waals surface area contributed by atoms with Crippen LogP contribution >= 0.6 is 0 Å². The molecule has 12 heavy (non-hydrogen) atoms. The third-order valence-corrected chi connectivity index (χ3v) is 2.38. The molecule has 0 radical (unpaired) electrons. The topological polar surface area (TPSA) is 38.1 Å². The van der Waals surface area contributed by atoms with Gasteiger partial charge in [-0.2, -0.15) is 0 Å². The predicted molar refractivity (Wildman–Crippen MR) is 46.1 cm³/mol. The number of hydrogen-bond acceptors (Lipinski definition) is 3. The van der Waals surface area contributed by atoms with Crippen molar-refractivity contribution in [3.05, 3.63) is 17.8 Å². The van der Waals surface area contributed by atoms with Gasteiger partial charge in [0.05, 0.1) is 6.20 Å². The zero-order valence-electron chi connectivity index (χ0n) is 7.34. The lowest BCUT2D eigenvalue weighted by molar-refractivity contribution is 0.376. The van der Waals surface area contributed by atoms with E-state index < -0.39 is 0 Å². The van der Waals surface area contributed by atoms with Crippen molar-refractivity contribution in [3.8, 4) is 0 Å². The van der Waals surface area contributed by atoms with E-state index >= 15 is 0 Å². The van der Waals surface area contributed by atoms with Gasteiger partial charge >= 0.3 is 0 Å². The zero-order chi connectivity index (χ0) is 8.39. The maximum absolute atomic E-state index is 5.48. The SMILES string of the molecule is Cc1ncc(C2CCNCC2)o1. The molecule has 3 heteroatoms. The van der Waals surface area contributed by atoms with E-state index in [4.69, 9.17) is 4.42 Å². The average Bonchev–Trinajstić information content (AvgIpc) is 2.54. The Balaban J connectivity index is 2.08. The highest BCUT2D eigenvalue weighted by molar-refractivity contribution is 5.02. The molecule has 0 aromatic carbocycles. The summed E-state index contributed by atoms with van der Waals surface area (Å²) in [5.74, 6) is 2.44. The van der Waals surface area contributed by atoms with Gasteiger partial charge in [-0.3, -0.25) is 0 Å². The molecule has 0 saturated carbocycles. The summed E-state index contributed by atoms with van der Waals surface area (Å²) in [4.78, 5) is 4.10. The number of oxazole rings is 1. The summed E-state index contributed by atoms with van der Waals surface area (Å²) in [5, 5.41) is 3.33. The molecule has 1 N–H and O–H groups in total. The minimum atomic E-state index is 0.590. The molecular formula is C9H14N2O. The van der Waals surface area contributed by atoms with E-state index in [0.717, 1.165) is 24.7 Å². The second-order valence-electron chi connectivity index (χ2n) is 3.31. The van der Waals surface area contributed by atoms with Gasteiger partial charge in [-0.25, -0.2) is 4.98 Å². The van der Waals surface area contributed by atoms with E-state index in [9.17, 15) is 0 Å². The first-order valence-corrected chi connectivity index (χ1v) is 4.49. The molecule has 1 saturated heterocycles.